The van der Waals surface area contributed by atoms with Crippen LogP contribution in [0.5, 0.6) is 0 Å². The summed E-state index contributed by atoms with van der Waals surface area (Å²) in [6, 6.07) is 69.6. The lowest BCUT2D eigenvalue weighted by Gasteiger charge is -2.15. The number of fused-ring (bicyclic) bond motifs is 5. The van der Waals surface area contributed by atoms with Crippen molar-refractivity contribution in [2.75, 3.05) is 0 Å². The fourth-order valence-corrected chi connectivity index (χ4v) is 8.22. The Kier molecular flexibility index (Phi) is 7.17. The van der Waals surface area contributed by atoms with E-state index in [0.717, 1.165) is 72.6 Å². The predicted octanol–water partition coefficient (Wildman–Crippen LogP) is 13.7. The average Bonchev–Trinajstić information content (AvgIpc) is 3.65. The van der Waals surface area contributed by atoms with Gasteiger partial charge < -0.3 is 0 Å². The normalized spacial score (nSPS) is 11.6. The summed E-state index contributed by atoms with van der Waals surface area (Å²) in [4.78, 5) is 10.7. The van der Waals surface area contributed by atoms with Crippen molar-refractivity contribution in [3.63, 3.8) is 0 Å². The van der Waals surface area contributed by atoms with Crippen molar-refractivity contribution in [3.8, 4) is 56.2 Å². The van der Waals surface area contributed by atoms with Crippen LogP contribution in [0, 0.1) is 0 Å². The predicted molar refractivity (Wildman–Crippen MR) is 230 cm³/mol. The van der Waals surface area contributed by atoms with Gasteiger partial charge in [0.15, 0.2) is 0 Å². The third-order valence-corrected chi connectivity index (χ3v) is 11.0. The van der Waals surface area contributed by atoms with Gasteiger partial charge in [-0.15, -0.1) is 0 Å². The fourth-order valence-electron chi connectivity index (χ4n) is 8.22. The van der Waals surface area contributed by atoms with Crippen molar-refractivity contribution in [3.05, 3.63) is 200 Å². The molecule has 0 unspecified atom stereocenters. The van der Waals surface area contributed by atoms with Gasteiger partial charge in [0.05, 0.1) is 22.8 Å². The zero-order valence-corrected chi connectivity index (χ0v) is 29.9. The van der Waals surface area contributed by atoms with Gasteiger partial charge in [0, 0.05) is 28.5 Å². The molecular weight excluding hydrogens is 667 g/mol. The van der Waals surface area contributed by atoms with E-state index in [2.05, 4.69) is 205 Å². The fraction of sp³-hybridized carbons (Fsp3) is 0. The first-order valence-electron chi connectivity index (χ1n) is 18.7. The topological polar surface area (TPSA) is 30.2 Å². The maximum atomic E-state index is 5.44. The lowest BCUT2D eigenvalue weighted by molar-refractivity contribution is 1.19. The Bertz CT molecular complexity index is 3180. The first-order valence-corrected chi connectivity index (χ1v) is 18.7. The molecule has 11 rings (SSSR count). The second kappa shape index (κ2) is 12.6. The number of hydrogen-bond donors (Lipinski definition) is 0. The number of imidazole rings is 1. The lowest BCUT2D eigenvalue weighted by atomic mass is 9.92. The summed E-state index contributed by atoms with van der Waals surface area (Å²) in [6.07, 6.45) is 2.12. The van der Waals surface area contributed by atoms with E-state index < -0.39 is 0 Å². The number of rotatable bonds is 5. The highest BCUT2D eigenvalue weighted by Crippen LogP contribution is 2.42. The molecule has 0 atom stereocenters. The molecule has 11 aromatic rings. The molecule has 3 heteroatoms. The smallest absolute Gasteiger partial charge is 0.137 e. The molecule has 8 aromatic carbocycles. The Morgan fingerprint density at radius 3 is 1.53 bits per heavy atom. The largest absolute Gasteiger partial charge is 0.299 e. The van der Waals surface area contributed by atoms with E-state index in [9.17, 15) is 0 Å². The van der Waals surface area contributed by atoms with Crippen molar-refractivity contribution in [1.82, 2.24) is 14.4 Å². The number of aromatic nitrogens is 3. The quantitative estimate of drug-likeness (QED) is 0.179. The SMILES string of the molecule is c1ccc2cc(-c3cc(-c4ccc5ccccc5c4)nc(-c4ccc(-c5c(-c6ccc7ccccc7c6)nc6ccccn56)c5ccccc45)c3)ccc2c1. The minimum absolute atomic E-state index is 0.915. The molecule has 256 valence electrons. The number of benzene rings is 8. The van der Waals surface area contributed by atoms with E-state index in [4.69, 9.17) is 9.97 Å². The van der Waals surface area contributed by atoms with Gasteiger partial charge in [0.25, 0.3) is 0 Å². The first-order chi connectivity index (χ1) is 27.2. The summed E-state index contributed by atoms with van der Waals surface area (Å²) in [6.45, 7) is 0. The Labute approximate surface area is 318 Å². The molecule has 0 saturated carbocycles. The summed E-state index contributed by atoms with van der Waals surface area (Å²) < 4.78 is 2.22. The number of nitrogens with zero attached hydrogens (tertiary/aromatic N) is 3. The standard InChI is InChI=1S/C52H33N3/c1-4-14-37-29-40(23-20-34(37)11-1)43-32-48(41-24-21-35-12-2-5-15-38(35)30-41)53-49(33-43)46-26-27-47(45-18-8-7-17-44(45)46)52-51(54-50-19-9-10-28-55(50)52)42-25-22-36-13-3-6-16-39(36)31-42/h1-33H. The molecule has 55 heavy (non-hydrogen) atoms. The van der Waals surface area contributed by atoms with Crippen LogP contribution < -0.4 is 0 Å². The van der Waals surface area contributed by atoms with Crippen molar-refractivity contribution in [2.45, 2.75) is 0 Å². The Morgan fingerprint density at radius 2 is 0.836 bits per heavy atom. The minimum Gasteiger partial charge on any atom is -0.299 e. The summed E-state index contributed by atoms with van der Waals surface area (Å²) >= 11 is 0. The second-order valence-electron chi connectivity index (χ2n) is 14.3. The molecular formula is C52H33N3. The van der Waals surface area contributed by atoms with Crippen LogP contribution in [0.1, 0.15) is 0 Å². The summed E-state index contributed by atoms with van der Waals surface area (Å²) in [5.41, 5.74) is 11.5. The third kappa shape index (κ3) is 5.36. The van der Waals surface area contributed by atoms with Gasteiger partial charge in [-0.05, 0) is 96.7 Å². The average molecular weight is 700 g/mol. The molecule has 0 aliphatic heterocycles. The molecule has 0 radical (unpaired) electrons. The van der Waals surface area contributed by atoms with Gasteiger partial charge in [-0.3, -0.25) is 4.40 Å². The van der Waals surface area contributed by atoms with E-state index >= 15 is 0 Å². The summed E-state index contributed by atoms with van der Waals surface area (Å²) in [5.74, 6) is 0. The van der Waals surface area contributed by atoms with Crippen LogP contribution in [-0.2, 0) is 0 Å². The Balaban J connectivity index is 1.13. The van der Waals surface area contributed by atoms with Crippen molar-refractivity contribution >= 4 is 48.7 Å². The maximum Gasteiger partial charge on any atom is 0.137 e. The highest BCUT2D eigenvalue weighted by atomic mass is 15.0. The molecule has 0 saturated heterocycles. The van der Waals surface area contributed by atoms with E-state index in [1.54, 1.807) is 0 Å². The van der Waals surface area contributed by atoms with Crippen LogP contribution in [0.3, 0.4) is 0 Å². The molecule has 0 fully saturated rings. The van der Waals surface area contributed by atoms with E-state index in [1.165, 1.54) is 32.3 Å². The van der Waals surface area contributed by atoms with Crippen molar-refractivity contribution < 1.29 is 0 Å². The summed E-state index contributed by atoms with van der Waals surface area (Å²) in [7, 11) is 0. The summed E-state index contributed by atoms with van der Waals surface area (Å²) in [5, 5.41) is 9.57. The van der Waals surface area contributed by atoms with Crippen LogP contribution in [0.2, 0.25) is 0 Å². The molecule has 0 aliphatic carbocycles. The van der Waals surface area contributed by atoms with E-state index in [0.29, 0.717) is 0 Å². The van der Waals surface area contributed by atoms with Gasteiger partial charge >= 0.3 is 0 Å². The molecule has 3 nitrogen and oxygen atoms in total. The van der Waals surface area contributed by atoms with Crippen LogP contribution in [0.15, 0.2) is 200 Å². The minimum atomic E-state index is 0.915. The first kappa shape index (κ1) is 31.2. The molecule has 0 amide bonds. The highest BCUT2D eigenvalue weighted by molar-refractivity contribution is 6.07. The second-order valence-corrected chi connectivity index (χ2v) is 14.3. The molecule has 0 spiro atoms. The van der Waals surface area contributed by atoms with Crippen LogP contribution in [0.25, 0.3) is 105 Å². The van der Waals surface area contributed by atoms with Crippen LogP contribution in [-0.4, -0.2) is 14.4 Å². The zero-order valence-electron chi connectivity index (χ0n) is 29.9. The van der Waals surface area contributed by atoms with Gasteiger partial charge in [-0.1, -0.05) is 152 Å². The number of hydrogen-bond acceptors (Lipinski definition) is 2. The monoisotopic (exact) mass is 699 g/mol. The maximum absolute atomic E-state index is 5.44. The van der Waals surface area contributed by atoms with Crippen molar-refractivity contribution in [2.24, 2.45) is 0 Å². The van der Waals surface area contributed by atoms with Crippen LogP contribution in [0.4, 0.5) is 0 Å². The van der Waals surface area contributed by atoms with Crippen LogP contribution >= 0.6 is 0 Å². The van der Waals surface area contributed by atoms with Crippen molar-refractivity contribution in [1.29, 1.82) is 0 Å². The van der Waals surface area contributed by atoms with E-state index in [-0.39, 0.29) is 0 Å². The highest BCUT2D eigenvalue weighted by Gasteiger charge is 2.20. The van der Waals surface area contributed by atoms with Gasteiger partial charge in [0.1, 0.15) is 5.65 Å². The number of pyridine rings is 2. The molecule has 3 heterocycles. The van der Waals surface area contributed by atoms with Gasteiger partial charge in [-0.2, -0.15) is 0 Å². The molecule has 0 aliphatic rings. The molecule has 3 aromatic heterocycles. The molecule has 0 bridgehead atoms. The van der Waals surface area contributed by atoms with Gasteiger partial charge in [-0.25, -0.2) is 9.97 Å². The van der Waals surface area contributed by atoms with E-state index in [1.807, 2.05) is 0 Å². The third-order valence-electron chi connectivity index (χ3n) is 11.0. The Morgan fingerprint density at radius 1 is 0.327 bits per heavy atom. The molecule has 0 N–H and O–H groups in total. The van der Waals surface area contributed by atoms with Gasteiger partial charge in [0.2, 0.25) is 0 Å². The Hall–Kier alpha value is -7.36. The lowest BCUT2D eigenvalue weighted by Crippen LogP contribution is -1.95. The zero-order chi connectivity index (χ0) is 36.3.